The van der Waals surface area contributed by atoms with Gasteiger partial charge in [0, 0.05) is 29.3 Å². The average Bonchev–Trinajstić information content (AvgIpc) is 2.87. The molecule has 0 aliphatic heterocycles. The first-order valence-electron chi connectivity index (χ1n) is 5.43. The molecule has 2 aromatic rings. The van der Waals surface area contributed by atoms with Gasteiger partial charge in [0.25, 0.3) is 0 Å². The van der Waals surface area contributed by atoms with Crippen molar-refractivity contribution >= 4 is 35.1 Å². The van der Waals surface area contributed by atoms with Crippen LogP contribution in [-0.2, 0) is 13.1 Å². The van der Waals surface area contributed by atoms with Gasteiger partial charge in [0.05, 0.1) is 10.7 Å². The third kappa shape index (κ3) is 4.39. The van der Waals surface area contributed by atoms with Crippen molar-refractivity contribution in [3.63, 3.8) is 0 Å². The number of rotatable bonds is 5. The maximum atomic E-state index is 4.59. The molecule has 2 nitrogen and oxygen atoms in total. The number of thiazole rings is 1. The van der Waals surface area contributed by atoms with Crippen LogP contribution >= 0.6 is 35.1 Å². The molecule has 1 N–H and O–H groups in total. The van der Waals surface area contributed by atoms with E-state index in [4.69, 9.17) is 0 Å². The lowest BCUT2D eigenvalue weighted by Gasteiger charge is -2.00. The van der Waals surface area contributed by atoms with Gasteiger partial charge >= 0.3 is 0 Å². The monoisotopic (exact) mass is 288 g/mol. The summed E-state index contributed by atoms with van der Waals surface area (Å²) in [5, 5.41) is 8.90. The van der Waals surface area contributed by atoms with Crippen molar-refractivity contribution < 1.29 is 0 Å². The summed E-state index contributed by atoms with van der Waals surface area (Å²) in [6.07, 6.45) is 0. The standard InChI is InChI=1S/C12H16N2S2.ClH/c1-9(2)12-14-10(8-16-12)6-13-7-11-4-3-5-15-11;/h3-5,8-9,13H,6-7H2,1-2H3;1H. The van der Waals surface area contributed by atoms with E-state index < -0.39 is 0 Å². The molecular formula is C12H17ClN2S2. The number of nitrogens with one attached hydrogen (secondary N) is 1. The van der Waals surface area contributed by atoms with E-state index in [2.05, 4.69) is 47.0 Å². The zero-order valence-corrected chi connectivity index (χ0v) is 12.4. The molecule has 2 rings (SSSR count). The summed E-state index contributed by atoms with van der Waals surface area (Å²) in [5.41, 5.74) is 1.16. The highest BCUT2D eigenvalue weighted by atomic mass is 35.5. The number of halogens is 1. The van der Waals surface area contributed by atoms with Crippen LogP contribution in [0.25, 0.3) is 0 Å². The molecule has 0 spiro atoms. The van der Waals surface area contributed by atoms with Gasteiger partial charge in [0.15, 0.2) is 0 Å². The van der Waals surface area contributed by atoms with E-state index in [0.29, 0.717) is 5.92 Å². The molecule has 0 aliphatic rings. The Morgan fingerprint density at radius 1 is 1.29 bits per heavy atom. The highest BCUT2D eigenvalue weighted by Gasteiger charge is 2.05. The zero-order valence-electron chi connectivity index (χ0n) is 9.97. The van der Waals surface area contributed by atoms with Crippen molar-refractivity contribution in [1.82, 2.24) is 10.3 Å². The molecule has 0 amide bonds. The van der Waals surface area contributed by atoms with Gasteiger partial charge in [-0.05, 0) is 11.4 Å². The summed E-state index contributed by atoms with van der Waals surface area (Å²) in [6.45, 7) is 6.16. The fraction of sp³-hybridized carbons (Fsp3) is 0.417. The van der Waals surface area contributed by atoms with Crippen LogP contribution in [0.15, 0.2) is 22.9 Å². The van der Waals surface area contributed by atoms with Crippen molar-refractivity contribution in [3.05, 3.63) is 38.5 Å². The summed E-state index contributed by atoms with van der Waals surface area (Å²) in [7, 11) is 0. The fourth-order valence-corrected chi connectivity index (χ4v) is 2.91. The number of aromatic nitrogens is 1. The van der Waals surface area contributed by atoms with Crippen LogP contribution in [0.4, 0.5) is 0 Å². The predicted molar refractivity (Wildman–Crippen MR) is 78.3 cm³/mol. The maximum absolute atomic E-state index is 4.59. The van der Waals surface area contributed by atoms with Gasteiger partial charge in [-0.2, -0.15) is 0 Å². The third-order valence-electron chi connectivity index (χ3n) is 2.25. The molecule has 94 valence electrons. The Morgan fingerprint density at radius 3 is 2.71 bits per heavy atom. The molecule has 0 fully saturated rings. The molecule has 2 aromatic heterocycles. The molecule has 5 heteroatoms. The van der Waals surface area contributed by atoms with E-state index in [9.17, 15) is 0 Å². The van der Waals surface area contributed by atoms with Crippen LogP contribution in [0.5, 0.6) is 0 Å². The van der Waals surface area contributed by atoms with Gasteiger partial charge in [-0.1, -0.05) is 19.9 Å². The summed E-state index contributed by atoms with van der Waals surface area (Å²) in [4.78, 5) is 5.96. The molecule has 0 unspecified atom stereocenters. The minimum atomic E-state index is 0. The maximum Gasteiger partial charge on any atom is 0.0954 e. The Morgan fingerprint density at radius 2 is 2.12 bits per heavy atom. The molecular weight excluding hydrogens is 272 g/mol. The first-order valence-corrected chi connectivity index (χ1v) is 7.19. The van der Waals surface area contributed by atoms with E-state index in [0.717, 1.165) is 18.8 Å². The van der Waals surface area contributed by atoms with Crippen LogP contribution in [0.2, 0.25) is 0 Å². The van der Waals surface area contributed by atoms with Crippen LogP contribution in [0.1, 0.15) is 35.3 Å². The minimum absolute atomic E-state index is 0. The Kier molecular flexibility index (Phi) is 6.12. The van der Waals surface area contributed by atoms with Crippen LogP contribution < -0.4 is 5.32 Å². The van der Waals surface area contributed by atoms with Gasteiger partial charge < -0.3 is 5.32 Å². The molecule has 0 bridgehead atoms. The fourth-order valence-electron chi connectivity index (χ4n) is 1.40. The van der Waals surface area contributed by atoms with E-state index >= 15 is 0 Å². The van der Waals surface area contributed by atoms with Crippen LogP contribution in [0, 0.1) is 0 Å². The molecule has 0 saturated heterocycles. The Balaban J connectivity index is 0.00000144. The van der Waals surface area contributed by atoms with E-state index in [-0.39, 0.29) is 12.4 Å². The first-order chi connectivity index (χ1) is 7.75. The van der Waals surface area contributed by atoms with Gasteiger partial charge in [-0.3, -0.25) is 0 Å². The predicted octanol–water partition coefficient (Wildman–Crippen LogP) is 4.04. The topological polar surface area (TPSA) is 24.9 Å². The molecule has 0 aromatic carbocycles. The average molecular weight is 289 g/mol. The smallest absolute Gasteiger partial charge is 0.0954 e. The number of thiophene rings is 1. The molecule has 0 aliphatic carbocycles. The second kappa shape index (κ2) is 7.11. The molecule has 0 radical (unpaired) electrons. The Hall–Kier alpha value is -0.420. The second-order valence-electron chi connectivity index (χ2n) is 4.01. The number of hydrogen-bond acceptors (Lipinski definition) is 4. The number of nitrogens with zero attached hydrogens (tertiary/aromatic N) is 1. The largest absolute Gasteiger partial charge is 0.306 e. The number of hydrogen-bond donors (Lipinski definition) is 1. The quantitative estimate of drug-likeness (QED) is 0.898. The van der Waals surface area contributed by atoms with E-state index in [1.54, 1.807) is 22.7 Å². The molecule has 0 saturated carbocycles. The first kappa shape index (κ1) is 14.6. The minimum Gasteiger partial charge on any atom is -0.306 e. The van der Waals surface area contributed by atoms with Gasteiger partial charge in [-0.15, -0.1) is 35.1 Å². The van der Waals surface area contributed by atoms with Crippen LogP contribution in [-0.4, -0.2) is 4.98 Å². The lowest BCUT2D eigenvalue weighted by Crippen LogP contribution is -2.12. The van der Waals surface area contributed by atoms with E-state index in [1.165, 1.54) is 9.88 Å². The van der Waals surface area contributed by atoms with Crippen molar-refractivity contribution in [1.29, 1.82) is 0 Å². The van der Waals surface area contributed by atoms with Gasteiger partial charge in [0.1, 0.15) is 0 Å². The van der Waals surface area contributed by atoms with Crippen molar-refractivity contribution in [2.24, 2.45) is 0 Å². The summed E-state index contributed by atoms with van der Waals surface area (Å²) >= 11 is 3.54. The third-order valence-corrected chi connectivity index (χ3v) is 4.32. The van der Waals surface area contributed by atoms with Crippen LogP contribution in [0.3, 0.4) is 0 Å². The Labute approximate surface area is 117 Å². The highest BCUT2D eigenvalue weighted by Crippen LogP contribution is 2.19. The summed E-state index contributed by atoms with van der Waals surface area (Å²) in [6, 6.07) is 4.24. The van der Waals surface area contributed by atoms with Crippen molar-refractivity contribution in [3.8, 4) is 0 Å². The van der Waals surface area contributed by atoms with Gasteiger partial charge in [0.2, 0.25) is 0 Å². The summed E-state index contributed by atoms with van der Waals surface area (Å²) < 4.78 is 0. The normalized spacial score (nSPS) is 10.5. The molecule has 2 heterocycles. The van der Waals surface area contributed by atoms with Crippen molar-refractivity contribution in [2.75, 3.05) is 0 Å². The van der Waals surface area contributed by atoms with Gasteiger partial charge in [-0.25, -0.2) is 4.98 Å². The van der Waals surface area contributed by atoms with E-state index in [1.807, 2.05) is 0 Å². The Bertz CT molecular complexity index is 423. The van der Waals surface area contributed by atoms with Crippen molar-refractivity contribution in [2.45, 2.75) is 32.9 Å². The zero-order chi connectivity index (χ0) is 11.4. The summed E-state index contributed by atoms with van der Waals surface area (Å²) in [5.74, 6) is 0.538. The highest BCUT2D eigenvalue weighted by molar-refractivity contribution is 7.10. The second-order valence-corrected chi connectivity index (χ2v) is 5.94. The molecule has 17 heavy (non-hydrogen) atoms. The SMILES string of the molecule is CC(C)c1nc(CNCc2cccs2)cs1.Cl. The lowest BCUT2D eigenvalue weighted by molar-refractivity contribution is 0.685. The lowest BCUT2D eigenvalue weighted by atomic mass is 10.2. The molecule has 0 atom stereocenters.